The summed E-state index contributed by atoms with van der Waals surface area (Å²) < 4.78 is 6.24. The minimum absolute atomic E-state index is 0. The van der Waals surface area contributed by atoms with Crippen LogP contribution in [-0.4, -0.2) is 44.2 Å². The number of nitrogens with zero attached hydrogens (tertiary/aromatic N) is 1. The highest BCUT2D eigenvalue weighted by molar-refractivity contribution is 5.69. The third-order valence-corrected chi connectivity index (χ3v) is 5.30. The lowest BCUT2D eigenvalue weighted by Gasteiger charge is -2.27. The summed E-state index contributed by atoms with van der Waals surface area (Å²) >= 11 is 0. The van der Waals surface area contributed by atoms with Crippen LogP contribution in [0.5, 0.6) is 0 Å². The van der Waals surface area contributed by atoms with E-state index in [1.807, 2.05) is 0 Å². The molecule has 0 aliphatic carbocycles. The van der Waals surface area contributed by atoms with Crippen molar-refractivity contribution in [2.45, 2.75) is 104 Å². The van der Waals surface area contributed by atoms with Gasteiger partial charge in [0.2, 0.25) is 0 Å². The Balaban J connectivity index is 0. The van der Waals surface area contributed by atoms with Gasteiger partial charge in [0.25, 0.3) is 0 Å². The van der Waals surface area contributed by atoms with E-state index in [0.717, 1.165) is 24.0 Å². The molecule has 0 bridgehead atoms. The number of unbranched alkanes of at least 4 members (excludes halogenated alkanes) is 12. The summed E-state index contributed by atoms with van der Waals surface area (Å²) in [6.45, 7) is 6.96. The van der Waals surface area contributed by atoms with Crippen LogP contribution >= 0.6 is 0 Å². The number of rotatable bonds is 18. The van der Waals surface area contributed by atoms with Gasteiger partial charge < -0.3 is 26.2 Å². The first-order valence-electron chi connectivity index (χ1n) is 11.0. The Kier molecular flexibility index (Phi) is 21.3. The fourth-order valence-corrected chi connectivity index (χ4v) is 2.92. The molecule has 0 spiro atoms. The molecule has 0 fully saturated rings. The fourth-order valence-electron chi connectivity index (χ4n) is 2.92. The first-order chi connectivity index (χ1) is 12.0. The average molecular weight is 437 g/mol. The molecule has 0 N–H and O–H groups in total. The van der Waals surface area contributed by atoms with Crippen LogP contribution in [0.2, 0.25) is 0 Å². The van der Waals surface area contributed by atoms with E-state index in [1.165, 1.54) is 77.0 Å². The van der Waals surface area contributed by atoms with Crippen molar-refractivity contribution in [1.82, 2.24) is 0 Å². The van der Waals surface area contributed by atoms with E-state index in [9.17, 15) is 4.79 Å². The maximum absolute atomic E-state index is 11.7. The van der Waals surface area contributed by atoms with Gasteiger partial charge in [-0.05, 0) is 13.3 Å². The quantitative estimate of drug-likeness (QED) is 0.188. The van der Waals surface area contributed by atoms with Crippen LogP contribution in [0.1, 0.15) is 104 Å². The molecule has 158 valence electrons. The lowest BCUT2D eigenvalue weighted by molar-refractivity contribution is -0.888. The largest absolute Gasteiger partial charge is 1.00 e. The van der Waals surface area contributed by atoms with E-state index in [1.54, 1.807) is 0 Å². The van der Waals surface area contributed by atoms with Crippen molar-refractivity contribution in [2.24, 2.45) is 0 Å². The molecule has 0 aromatic rings. The highest BCUT2D eigenvalue weighted by Crippen LogP contribution is 2.13. The van der Waals surface area contributed by atoms with Crippen LogP contribution in [0, 0.1) is 0 Å². The Morgan fingerprint density at radius 2 is 1.15 bits per heavy atom. The van der Waals surface area contributed by atoms with Gasteiger partial charge in [-0.25, -0.2) is 0 Å². The van der Waals surface area contributed by atoms with E-state index in [4.69, 9.17) is 4.74 Å². The van der Waals surface area contributed by atoms with Crippen molar-refractivity contribution >= 4 is 5.97 Å². The first kappa shape index (κ1) is 28.1. The zero-order chi connectivity index (χ0) is 18.8. The average Bonchev–Trinajstić information content (AvgIpc) is 2.59. The van der Waals surface area contributed by atoms with Crippen LogP contribution in [-0.2, 0) is 9.53 Å². The van der Waals surface area contributed by atoms with Gasteiger partial charge in [0.1, 0.15) is 13.2 Å². The van der Waals surface area contributed by atoms with Crippen LogP contribution in [0.3, 0.4) is 0 Å². The third-order valence-electron chi connectivity index (χ3n) is 5.30. The molecule has 0 heterocycles. The number of esters is 1. The number of ether oxygens (including phenoxy) is 1. The molecule has 0 aliphatic rings. The minimum Gasteiger partial charge on any atom is -1.00 e. The van der Waals surface area contributed by atoms with Gasteiger partial charge >= 0.3 is 5.97 Å². The zero-order valence-corrected chi connectivity index (χ0v) is 19.7. The summed E-state index contributed by atoms with van der Waals surface area (Å²) in [5, 5.41) is 0. The molecule has 0 radical (unpaired) electrons. The summed E-state index contributed by atoms with van der Waals surface area (Å²) in [5.74, 6) is -0.0147. The number of quaternary nitrogens is 1. The van der Waals surface area contributed by atoms with Crippen LogP contribution < -0.4 is 17.0 Å². The molecule has 0 unspecified atom stereocenters. The number of carbonyl (C=O) groups excluding carboxylic acids is 1. The highest BCUT2D eigenvalue weighted by Gasteiger charge is 2.12. The number of hydrogen-bond donors (Lipinski definition) is 0. The van der Waals surface area contributed by atoms with Crippen molar-refractivity contribution in [3.63, 3.8) is 0 Å². The first-order valence-corrected chi connectivity index (χ1v) is 11.0. The van der Waals surface area contributed by atoms with Crippen molar-refractivity contribution in [2.75, 3.05) is 33.8 Å². The van der Waals surface area contributed by atoms with Gasteiger partial charge in [0.05, 0.1) is 20.6 Å². The Morgan fingerprint density at radius 3 is 1.58 bits per heavy atom. The van der Waals surface area contributed by atoms with Crippen LogP contribution in [0.25, 0.3) is 0 Å². The van der Waals surface area contributed by atoms with Crippen molar-refractivity contribution in [3.05, 3.63) is 0 Å². The molecule has 26 heavy (non-hydrogen) atoms. The molecule has 0 atom stereocenters. The second-order valence-corrected chi connectivity index (χ2v) is 8.19. The van der Waals surface area contributed by atoms with E-state index < -0.39 is 0 Å². The Bertz CT molecular complexity index is 309. The van der Waals surface area contributed by atoms with Crippen molar-refractivity contribution in [3.8, 4) is 0 Å². The van der Waals surface area contributed by atoms with Gasteiger partial charge in [-0.1, -0.05) is 84.0 Å². The molecule has 0 aliphatic heterocycles. The molecule has 0 saturated carbocycles. The molecule has 4 heteroatoms. The topological polar surface area (TPSA) is 26.3 Å². The standard InChI is InChI=1S/C22H46NO2.BrH/c1-5-7-8-9-10-11-12-13-14-15-16-17-18-19-22(24)25-21-20-23(3,4)6-2;/h5-21H2,1-4H3;1H/q+1;/p-1. The second-order valence-electron chi connectivity index (χ2n) is 8.19. The smallest absolute Gasteiger partial charge is 0.305 e. The number of hydrogen-bond acceptors (Lipinski definition) is 2. The summed E-state index contributed by atoms with van der Waals surface area (Å²) in [7, 11) is 4.33. The molecule has 0 saturated heterocycles. The molecule has 0 amide bonds. The fraction of sp³-hybridized carbons (Fsp3) is 0.955. The number of halogens is 1. The molecular weight excluding hydrogens is 390 g/mol. The molecule has 3 nitrogen and oxygen atoms in total. The molecule has 0 rings (SSSR count). The monoisotopic (exact) mass is 435 g/mol. The number of likely N-dealkylation sites (N-methyl/N-ethyl adjacent to an activating group) is 1. The Morgan fingerprint density at radius 1 is 0.731 bits per heavy atom. The molecule has 0 aromatic carbocycles. The minimum atomic E-state index is -0.0147. The maximum Gasteiger partial charge on any atom is 0.305 e. The molecule has 0 aromatic heterocycles. The van der Waals surface area contributed by atoms with E-state index in [0.29, 0.717) is 13.0 Å². The van der Waals surface area contributed by atoms with Gasteiger partial charge in [-0.3, -0.25) is 4.79 Å². The summed E-state index contributed by atoms with van der Waals surface area (Å²) in [6, 6.07) is 0. The maximum atomic E-state index is 11.7. The van der Waals surface area contributed by atoms with Crippen molar-refractivity contribution in [1.29, 1.82) is 0 Å². The third kappa shape index (κ3) is 20.2. The predicted molar refractivity (Wildman–Crippen MR) is 109 cm³/mol. The Labute approximate surface area is 174 Å². The lowest BCUT2D eigenvalue weighted by Crippen LogP contribution is -3.00. The van der Waals surface area contributed by atoms with E-state index in [-0.39, 0.29) is 23.0 Å². The van der Waals surface area contributed by atoms with Gasteiger partial charge in [-0.2, -0.15) is 0 Å². The van der Waals surface area contributed by atoms with Crippen LogP contribution in [0.15, 0.2) is 0 Å². The summed E-state index contributed by atoms with van der Waals surface area (Å²) in [6.07, 6.45) is 18.0. The van der Waals surface area contributed by atoms with E-state index in [2.05, 4.69) is 27.9 Å². The number of carbonyl (C=O) groups is 1. The van der Waals surface area contributed by atoms with Crippen LogP contribution in [0.4, 0.5) is 0 Å². The second kappa shape index (κ2) is 19.7. The zero-order valence-electron chi connectivity index (χ0n) is 18.2. The predicted octanol–water partition coefficient (Wildman–Crippen LogP) is 3.11. The lowest BCUT2D eigenvalue weighted by atomic mass is 10.0. The Hall–Kier alpha value is -0.0900. The normalized spacial score (nSPS) is 11.2. The van der Waals surface area contributed by atoms with Crippen molar-refractivity contribution < 1.29 is 31.0 Å². The highest BCUT2D eigenvalue weighted by atomic mass is 79.9. The van der Waals surface area contributed by atoms with Gasteiger partial charge in [0, 0.05) is 6.42 Å². The summed E-state index contributed by atoms with van der Waals surface area (Å²) in [5.41, 5.74) is 0. The summed E-state index contributed by atoms with van der Waals surface area (Å²) in [4.78, 5) is 11.7. The van der Waals surface area contributed by atoms with Gasteiger partial charge in [0.15, 0.2) is 0 Å². The van der Waals surface area contributed by atoms with Gasteiger partial charge in [-0.15, -0.1) is 0 Å². The van der Waals surface area contributed by atoms with E-state index >= 15 is 0 Å². The molecular formula is C22H46BrNO2. The SMILES string of the molecule is CCCCCCCCCCCCCCCC(=O)OCC[N+](C)(C)CC.[Br-].